The largest absolute Gasteiger partial charge is 0.457 e. The minimum absolute atomic E-state index is 0.106. The lowest BCUT2D eigenvalue weighted by molar-refractivity contribution is -0.153. The van der Waals surface area contributed by atoms with E-state index >= 15 is 0 Å². The molecule has 0 saturated carbocycles. The van der Waals surface area contributed by atoms with Crippen molar-refractivity contribution in [1.82, 2.24) is 4.90 Å². The number of hydrogen-bond acceptors (Lipinski definition) is 5. The van der Waals surface area contributed by atoms with Crippen molar-refractivity contribution in [3.8, 4) is 0 Å². The van der Waals surface area contributed by atoms with Crippen LogP contribution in [0.4, 0.5) is 0 Å². The quantitative estimate of drug-likeness (QED) is 0.507. The fourth-order valence-corrected chi connectivity index (χ4v) is 4.73. The first-order valence-corrected chi connectivity index (χ1v) is 13.5. The molecule has 1 aliphatic carbocycles. The predicted molar refractivity (Wildman–Crippen MR) is 117 cm³/mol. The van der Waals surface area contributed by atoms with Crippen molar-refractivity contribution in [2.75, 3.05) is 14.1 Å². The van der Waals surface area contributed by atoms with E-state index in [1.54, 1.807) is 55.6 Å². The number of nitrogens with zero attached hydrogens (tertiary/aromatic N) is 1. The summed E-state index contributed by atoms with van der Waals surface area (Å²) in [6.07, 6.45) is 1.98. The second-order valence-electron chi connectivity index (χ2n) is 10.7. The molecule has 0 bridgehead atoms. The van der Waals surface area contributed by atoms with Gasteiger partial charge in [-0.1, -0.05) is 25.7 Å². The van der Waals surface area contributed by atoms with Gasteiger partial charge in [0.2, 0.25) is 5.91 Å². The molecule has 0 spiro atoms. The minimum atomic E-state index is -2.10. The molecule has 1 rings (SSSR count). The molecule has 164 valence electrons. The highest BCUT2D eigenvalue weighted by molar-refractivity contribution is 6.84. The summed E-state index contributed by atoms with van der Waals surface area (Å²) in [5.41, 5.74) is -0.917. The average Bonchev–Trinajstić information content (AvgIpc) is 2.48. The Bertz CT molecular complexity index is 743. The molecule has 7 heteroatoms. The monoisotopic (exact) mass is 423 g/mol. The van der Waals surface area contributed by atoms with Gasteiger partial charge in [0, 0.05) is 14.1 Å². The summed E-state index contributed by atoms with van der Waals surface area (Å²) in [5.74, 6) is -1.73. The maximum absolute atomic E-state index is 13.2. The zero-order valence-electron chi connectivity index (χ0n) is 19.9. The van der Waals surface area contributed by atoms with Gasteiger partial charge in [0.05, 0.1) is 25.1 Å². The second-order valence-corrected chi connectivity index (χ2v) is 15.8. The van der Waals surface area contributed by atoms with Crippen LogP contribution in [-0.4, -0.2) is 56.1 Å². The maximum Gasteiger partial charge on any atom is 0.339 e. The smallest absolute Gasteiger partial charge is 0.339 e. The fourth-order valence-electron chi connectivity index (χ4n) is 3.03. The summed E-state index contributed by atoms with van der Waals surface area (Å²) in [4.78, 5) is 40.5. The van der Waals surface area contributed by atoms with E-state index in [2.05, 4.69) is 19.6 Å². The number of rotatable bonds is 4. The Kier molecular flexibility index (Phi) is 7.33. The molecule has 0 heterocycles. The summed E-state index contributed by atoms with van der Waals surface area (Å²) in [6.45, 7) is 16.9. The van der Waals surface area contributed by atoms with Crippen LogP contribution in [-0.2, 0) is 23.9 Å². The third kappa shape index (κ3) is 7.14. The topological polar surface area (TPSA) is 72.9 Å². The van der Waals surface area contributed by atoms with E-state index in [9.17, 15) is 14.4 Å². The first-order valence-electron chi connectivity index (χ1n) is 9.97. The highest BCUT2D eigenvalue weighted by Gasteiger charge is 2.40. The molecule has 0 N–H and O–H groups in total. The highest BCUT2D eigenvalue weighted by atomic mass is 28.3. The van der Waals surface area contributed by atoms with Gasteiger partial charge in [0.25, 0.3) is 0 Å². The third-order valence-electron chi connectivity index (χ3n) is 4.18. The van der Waals surface area contributed by atoms with Gasteiger partial charge < -0.3 is 14.4 Å². The maximum atomic E-state index is 13.2. The van der Waals surface area contributed by atoms with Crippen molar-refractivity contribution in [2.24, 2.45) is 5.92 Å². The van der Waals surface area contributed by atoms with Crippen molar-refractivity contribution in [3.63, 3.8) is 0 Å². The first kappa shape index (κ1) is 25.1. The normalized spacial score (nSPS) is 18.2. The molecule has 1 amide bonds. The Morgan fingerprint density at radius 1 is 0.931 bits per heavy atom. The number of amides is 1. The van der Waals surface area contributed by atoms with E-state index < -0.39 is 37.1 Å². The van der Waals surface area contributed by atoms with Gasteiger partial charge in [0.15, 0.2) is 0 Å². The van der Waals surface area contributed by atoms with E-state index in [0.29, 0.717) is 0 Å². The van der Waals surface area contributed by atoms with Crippen LogP contribution in [0, 0.1) is 5.92 Å². The van der Waals surface area contributed by atoms with Crippen LogP contribution in [0.1, 0.15) is 48.0 Å². The highest BCUT2D eigenvalue weighted by Crippen LogP contribution is 2.37. The molecule has 0 aromatic carbocycles. The molecule has 0 aliphatic heterocycles. The molecule has 0 saturated heterocycles. The summed E-state index contributed by atoms with van der Waals surface area (Å²) in [6, 6.07) is 0. The second kappa shape index (κ2) is 8.46. The molecule has 0 aromatic rings. The summed E-state index contributed by atoms with van der Waals surface area (Å²) < 4.78 is 11.2. The van der Waals surface area contributed by atoms with Gasteiger partial charge in [-0.25, -0.2) is 9.59 Å². The number of esters is 2. The zero-order valence-corrected chi connectivity index (χ0v) is 20.9. The Morgan fingerprint density at radius 2 is 1.38 bits per heavy atom. The predicted octanol–water partition coefficient (Wildman–Crippen LogP) is 3.88. The summed E-state index contributed by atoms with van der Waals surface area (Å²) >= 11 is 0. The van der Waals surface area contributed by atoms with Gasteiger partial charge in [-0.2, -0.15) is 0 Å². The standard InChI is InChI=1S/C22H37NO5Si/c1-21(2,3)27-19(25)15-12-14(18(24)23(7)8)13-16(29(9,10)11)17(15)20(26)28-22(4,5)6/h13-14H,12H2,1-11H3/t14-/m1/s1. The van der Waals surface area contributed by atoms with Crippen molar-refractivity contribution in [3.05, 3.63) is 22.4 Å². The van der Waals surface area contributed by atoms with Crippen molar-refractivity contribution < 1.29 is 23.9 Å². The van der Waals surface area contributed by atoms with Gasteiger partial charge >= 0.3 is 11.9 Å². The van der Waals surface area contributed by atoms with Crippen molar-refractivity contribution in [2.45, 2.75) is 78.8 Å². The van der Waals surface area contributed by atoms with E-state index in [1.165, 1.54) is 4.90 Å². The third-order valence-corrected chi connectivity index (χ3v) is 6.21. The molecule has 0 unspecified atom stereocenters. The van der Waals surface area contributed by atoms with Crippen LogP contribution in [0.2, 0.25) is 19.6 Å². The lowest BCUT2D eigenvalue weighted by Gasteiger charge is -2.33. The summed E-state index contributed by atoms with van der Waals surface area (Å²) in [7, 11) is 1.27. The van der Waals surface area contributed by atoms with E-state index in [1.807, 2.05) is 6.08 Å². The zero-order chi connectivity index (χ0) is 22.9. The van der Waals surface area contributed by atoms with Crippen LogP contribution in [0.5, 0.6) is 0 Å². The average molecular weight is 424 g/mol. The number of carbonyl (C=O) groups is 3. The molecule has 29 heavy (non-hydrogen) atoms. The van der Waals surface area contributed by atoms with Crippen molar-refractivity contribution in [1.29, 1.82) is 0 Å². The minimum Gasteiger partial charge on any atom is -0.457 e. The number of ether oxygens (including phenoxy) is 2. The lowest BCUT2D eigenvalue weighted by atomic mass is 9.88. The molecule has 1 atom stereocenters. The van der Waals surface area contributed by atoms with E-state index in [0.717, 1.165) is 5.20 Å². The fraction of sp³-hybridized carbons (Fsp3) is 0.682. The van der Waals surface area contributed by atoms with Crippen LogP contribution >= 0.6 is 0 Å². The van der Waals surface area contributed by atoms with Crippen LogP contribution in [0.15, 0.2) is 22.4 Å². The molecule has 0 fully saturated rings. The first-order chi connectivity index (χ1) is 12.8. The molecule has 1 aliphatic rings. The Morgan fingerprint density at radius 3 is 1.76 bits per heavy atom. The molecule has 0 radical (unpaired) electrons. The number of hydrogen-bond donors (Lipinski definition) is 0. The Labute approximate surface area is 176 Å². The molecular formula is C22H37NO5Si. The molecule has 0 aromatic heterocycles. The molecular weight excluding hydrogens is 386 g/mol. The van der Waals surface area contributed by atoms with Crippen LogP contribution in [0.25, 0.3) is 0 Å². The lowest BCUT2D eigenvalue weighted by Crippen LogP contribution is -2.39. The van der Waals surface area contributed by atoms with Gasteiger partial charge in [-0.3, -0.25) is 4.79 Å². The number of carbonyl (C=O) groups excluding carboxylic acids is 3. The van der Waals surface area contributed by atoms with E-state index in [4.69, 9.17) is 9.47 Å². The SMILES string of the molecule is CN(C)C(=O)[C@H]1C=C([Si](C)(C)C)C(C(=O)OC(C)(C)C)=C(C(=O)OC(C)(C)C)C1. The van der Waals surface area contributed by atoms with Gasteiger partial charge in [-0.15, -0.1) is 0 Å². The van der Waals surface area contributed by atoms with Gasteiger partial charge in [-0.05, 0) is 53.2 Å². The van der Waals surface area contributed by atoms with E-state index in [-0.39, 0.29) is 23.5 Å². The molecule has 6 nitrogen and oxygen atoms in total. The Balaban J connectivity index is 3.67. The van der Waals surface area contributed by atoms with Gasteiger partial charge in [0.1, 0.15) is 11.2 Å². The van der Waals surface area contributed by atoms with Crippen molar-refractivity contribution >= 4 is 25.9 Å². The Hall–Kier alpha value is -1.89. The van der Waals surface area contributed by atoms with Crippen LogP contribution < -0.4 is 0 Å². The van der Waals surface area contributed by atoms with Crippen LogP contribution in [0.3, 0.4) is 0 Å². The summed E-state index contributed by atoms with van der Waals surface area (Å²) in [5, 5.41) is 0.763.